The van der Waals surface area contributed by atoms with E-state index in [4.69, 9.17) is 4.74 Å². The number of hydrogen-bond acceptors (Lipinski definition) is 5. The number of hydrogen-bond donors (Lipinski definition) is 3. The number of rotatable bonds is 7. The summed E-state index contributed by atoms with van der Waals surface area (Å²) in [5, 5.41) is 8.11. The summed E-state index contributed by atoms with van der Waals surface area (Å²) in [4.78, 5) is 25.3. The van der Waals surface area contributed by atoms with Crippen LogP contribution in [-0.2, 0) is 9.53 Å². The van der Waals surface area contributed by atoms with E-state index >= 15 is 0 Å². The molecule has 1 aliphatic heterocycles. The molecule has 1 fully saturated rings. The average Bonchev–Trinajstić information content (AvgIpc) is 2.95. The van der Waals surface area contributed by atoms with Crippen LogP contribution in [0.3, 0.4) is 0 Å². The number of imide groups is 1. The van der Waals surface area contributed by atoms with Crippen molar-refractivity contribution in [2.45, 2.75) is 31.8 Å². The van der Waals surface area contributed by atoms with Crippen molar-refractivity contribution in [2.75, 3.05) is 40.4 Å². The molecule has 2 unspecified atom stereocenters. The van der Waals surface area contributed by atoms with Crippen molar-refractivity contribution in [1.82, 2.24) is 20.9 Å². The first-order valence-electron chi connectivity index (χ1n) is 7.07. The molecule has 1 rings (SSSR count). The topological polar surface area (TPSA) is 82.7 Å². The zero-order valence-electron chi connectivity index (χ0n) is 12.6. The Bertz CT molecular complexity index is 319. The maximum absolute atomic E-state index is 12.0. The molecular formula is C13H26N4O3. The number of urea groups is 1. The predicted octanol–water partition coefficient (Wildman–Crippen LogP) is -0.469. The molecule has 3 N–H and O–H groups in total. The second-order valence-corrected chi connectivity index (χ2v) is 5.03. The summed E-state index contributed by atoms with van der Waals surface area (Å²) in [5.41, 5.74) is 0. The molecule has 20 heavy (non-hydrogen) atoms. The average molecular weight is 286 g/mol. The normalized spacial score (nSPS) is 19.9. The van der Waals surface area contributed by atoms with Crippen LogP contribution in [0.15, 0.2) is 0 Å². The van der Waals surface area contributed by atoms with Crippen molar-refractivity contribution in [3.63, 3.8) is 0 Å². The first kappa shape index (κ1) is 16.9. The molecule has 1 aliphatic rings. The van der Waals surface area contributed by atoms with Gasteiger partial charge in [0, 0.05) is 33.3 Å². The summed E-state index contributed by atoms with van der Waals surface area (Å²) >= 11 is 0. The Kier molecular flexibility index (Phi) is 7.50. The van der Waals surface area contributed by atoms with E-state index in [9.17, 15) is 9.59 Å². The van der Waals surface area contributed by atoms with Crippen molar-refractivity contribution in [3.8, 4) is 0 Å². The van der Waals surface area contributed by atoms with E-state index < -0.39 is 6.03 Å². The van der Waals surface area contributed by atoms with Crippen LogP contribution >= 0.6 is 0 Å². The standard InChI is InChI=1S/C13H26N4O3/c1-10(12(18)16-13(19)14-2)17(7-8-20-3)9-11-5-4-6-15-11/h10-11,15H,4-9H2,1-3H3,(H2,14,16,18,19). The van der Waals surface area contributed by atoms with E-state index in [2.05, 4.69) is 16.0 Å². The highest BCUT2D eigenvalue weighted by Gasteiger charge is 2.26. The molecule has 1 saturated heterocycles. The Hall–Kier alpha value is -1.18. The van der Waals surface area contributed by atoms with Crippen molar-refractivity contribution >= 4 is 11.9 Å². The second kappa shape index (κ2) is 8.89. The quantitative estimate of drug-likeness (QED) is 0.589. The molecule has 0 aromatic carbocycles. The van der Waals surface area contributed by atoms with Gasteiger partial charge in [0.1, 0.15) is 0 Å². The lowest BCUT2D eigenvalue weighted by Gasteiger charge is -2.30. The van der Waals surface area contributed by atoms with Gasteiger partial charge in [0.25, 0.3) is 0 Å². The third-order valence-electron chi connectivity index (χ3n) is 3.59. The van der Waals surface area contributed by atoms with Gasteiger partial charge in [0.15, 0.2) is 0 Å². The molecular weight excluding hydrogens is 260 g/mol. The van der Waals surface area contributed by atoms with Gasteiger partial charge in [-0.15, -0.1) is 0 Å². The summed E-state index contributed by atoms with van der Waals surface area (Å²) in [5.74, 6) is -0.293. The van der Waals surface area contributed by atoms with Crippen LogP contribution in [0.25, 0.3) is 0 Å². The molecule has 0 aromatic rings. The Labute approximate surface area is 120 Å². The smallest absolute Gasteiger partial charge is 0.321 e. The number of nitrogens with zero attached hydrogens (tertiary/aromatic N) is 1. The van der Waals surface area contributed by atoms with E-state index in [-0.39, 0.29) is 11.9 Å². The molecule has 7 heteroatoms. The molecule has 0 bridgehead atoms. The van der Waals surface area contributed by atoms with Gasteiger partial charge >= 0.3 is 6.03 Å². The highest BCUT2D eigenvalue weighted by molar-refractivity contribution is 5.96. The van der Waals surface area contributed by atoms with Gasteiger partial charge in [-0.05, 0) is 26.3 Å². The van der Waals surface area contributed by atoms with E-state index in [0.29, 0.717) is 19.2 Å². The molecule has 0 radical (unpaired) electrons. The number of carbonyl (C=O) groups is 2. The van der Waals surface area contributed by atoms with Crippen LogP contribution in [0.2, 0.25) is 0 Å². The first-order valence-corrected chi connectivity index (χ1v) is 7.07. The molecule has 2 atom stereocenters. The van der Waals surface area contributed by atoms with Gasteiger partial charge in [-0.25, -0.2) is 4.79 Å². The van der Waals surface area contributed by atoms with Crippen LogP contribution < -0.4 is 16.0 Å². The Morgan fingerprint density at radius 1 is 1.50 bits per heavy atom. The summed E-state index contributed by atoms with van der Waals surface area (Å²) in [6.07, 6.45) is 2.29. The lowest BCUT2D eigenvalue weighted by molar-refractivity contribution is -0.125. The van der Waals surface area contributed by atoms with Crippen molar-refractivity contribution < 1.29 is 14.3 Å². The summed E-state index contributed by atoms with van der Waals surface area (Å²) in [6, 6.07) is -0.445. The van der Waals surface area contributed by atoms with Gasteiger partial charge in [0.05, 0.1) is 12.6 Å². The zero-order valence-corrected chi connectivity index (χ0v) is 12.6. The van der Waals surface area contributed by atoms with E-state index in [0.717, 1.165) is 19.5 Å². The number of carbonyl (C=O) groups excluding carboxylic acids is 2. The minimum atomic E-state index is -0.479. The summed E-state index contributed by atoms with van der Waals surface area (Å²) in [6.45, 7) is 4.84. The SMILES string of the molecule is CNC(=O)NC(=O)C(C)N(CCOC)CC1CCCN1. The summed E-state index contributed by atoms with van der Waals surface area (Å²) in [7, 11) is 3.12. The maximum atomic E-state index is 12.0. The number of methoxy groups -OCH3 is 1. The van der Waals surface area contributed by atoms with E-state index in [1.165, 1.54) is 13.5 Å². The van der Waals surface area contributed by atoms with E-state index in [1.54, 1.807) is 7.11 Å². The fourth-order valence-corrected chi connectivity index (χ4v) is 2.29. The van der Waals surface area contributed by atoms with Crippen molar-refractivity contribution in [2.24, 2.45) is 0 Å². The Morgan fingerprint density at radius 2 is 2.25 bits per heavy atom. The minimum Gasteiger partial charge on any atom is -0.383 e. The van der Waals surface area contributed by atoms with Gasteiger partial charge in [-0.1, -0.05) is 0 Å². The molecule has 0 aliphatic carbocycles. The van der Waals surface area contributed by atoms with Crippen LogP contribution in [0.1, 0.15) is 19.8 Å². The fraction of sp³-hybridized carbons (Fsp3) is 0.846. The Balaban J connectivity index is 2.54. The number of nitrogens with one attached hydrogen (secondary N) is 3. The molecule has 0 aromatic heterocycles. The Morgan fingerprint density at radius 3 is 2.80 bits per heavy atom. The predicted molar refractivity (Wildman–Crippen MR) is 76.5 cm³/mol. The van der Waals surface area contributed by atoms with Gasteiger partial charge < -0.3 is 15.4 Å². The molecule has 0 spiro atoms. The molecule has 0 saturated carbocycles. The molecule has 3 amide bonds. The van der Waals surface area contributed by atoms with Crippen molar-refractivity contribution in [3.05, 3.63) is 0 Å². The monoisotopic (exact) mass is 286 g/mol. The second-order valence-electron chi connectivity index (χ2n) is 5.03. The van der Waals surface area contributed by atoms with Crippen molar-refractivity contribution in [1.29, 1.82) is 0 Å². The molecule has 116 valence electrons. The van der Waals surface area contributed by atoms with E-state index in [1.807, 2.05) is 11.8 Å². The highest BCUT2D eigenvalue weighted by Crippen LogP contribution is 2.09. The van der Waals surface area contributed by atoms with Gasteiger partial charge in [-0.3, -0.25) is 15.0 Å². The first-order chi connectivity index (χ1) is 9.58. The minimum absolute atomic E-state index is 0.293. The van der Waals surface area contributed by atoms with Crippen LogP contribution in [0.4, 0.5) is 4.79 Å². The van der Waals surface area contributed by atoms with Crippen LogP contribution in [0, 0.1) is 0 Å². The van der Waals surface area contributed by atoms with Gasteiger partial charge in [0.2, 0.25) is 5.91 Å². The fourth-order valence-electron chi connectivity index (χ4n) is 2.29. The zero-order chi connectivity index (χ0) is 15.0. The highest BCUT2D eigenvalue weighted by atomic mass is 16.5. The third kappa shape index (κ3) is 5.44. The maximum Gasteiger partial charge on any atom is 0.321 e. The third-order valence-corrected chi connectivity index (χ3v) is 3.59. The lowest BCUT2D eigenvalue weighted by Crippen LogP contribution is -2.52. The summed E-state index contributed by atoms with van der Waals surface area (Å²) < 4.78 is 5.10. The molecule has 1 heterocycles. The van der Waals surface area contributed by atoms with Crippen LogP contribution in [0.5, 0.6) is 0 Å². The number of ether oxygens (including phenoxy) is 1. The number of amides is 3. The van der Waals surface area contributed by atoms with Gasteiger partial charge in [-0.2, -0.15) is 0 Å². The lowest BCUT2D eigenvalue weighted by atomic mass is 10.1. The van der Waals surface area contributed by atoms with Crippen LogP contribution in [-0.4, -0.2) is 69.3 Å². The largest absolute Gasteiger partial charge is 0.383 e. The molecule has 7 nitrogen and oxygen atoms in total.